The van der Waals surface area contributed by atoms with E-state index in [9.17, 15) is 19.8 Å². The van der Waals surface area contributed by atoms with E-state index >= 15 is 0 Å². The van der Waals surface area contributed by atoms with E-state index in [2.05, 4.69) is 0 Å². The Balaban J connectivity index is 2.10. The summed E-state index contributed by atoms with van der Waals surface area (Å²) in [6.45, 7) is 3.69. The first-order valence-electron chi connectivity index (χ1n) is 9.51. The molecule has 3 rings (SSSR count). The second-order valence-corrected chi connectivity index (χ2v) is 6.65. The highest BCUT2D eigenvalue weighted by molar-refractivity contribution is 5.93. The van der Waals surface area contributed by atoms with Crippen molar-refractivity contribution in [1.82, 2.24) is 0 Å². The lowest BCUT2D eigenvalue weighted by Gasteiger charge is -2.28. The van der Waals surface area contributed by atoms with Crippen LogP contribution in [-0.4, -0.2) is 35.4 Å². The van der Waals surface area contributed by atoms with Gasteiger partial charge in [-0.05, 0) is 49.2 Å². The Kier molecular flexibility index (Phi) is 6.15. The van der Waals surface area contributed by atoms with Crippen molar-refractivity contribution >= 4 is 11.9 Å². The highest BCUT2D eigenvalue weighted by Crippen LogP contribution is 2.43. The van der Waals surface area contributed by atoms with Gasteiger partial charge in [0.25, 0.3) is 0 Å². The third-order valence-corrected chi connectivity index (χ3v) is 4.63. The molecule has 0 aliphatic carbocycles. The van der Waals surface area contributed by atoms with Crippen LogP contribution in [0.3, 0.4) is 0 Å². The second-order valence-electron chi connectivity index (χ2n) is 6.65. The van der Waals surface area contributed by atoms with Crippen molar-refractivity contribution in [3.8, 4) is 28.4 Å². The maximum Gasteiger partial charge on any atom is 0.340 e. The minimum Gasteiger partial charge on any atom is -0.508 e. The molecule has 0 saturated heterocycles. The van der Waals surface area contributed by atoms with Crippen LogP contribution in [0.1, 0.15) is 31.7 Å². The number of ether oxygens (including phenoxy) is 3. The van der Waals surface area contributed by atoms with Gasteiger partial charge in [0.05, 0.1) is 19.6 Å². The van der Waals surface area contributed by atoms with E-state index in [4.69, 9.17) is 19.9 Å². The molecule has 0 aromatic heterocycles. The van der Waals surface area contributed by atoms with E-state index in [1.54, 1.807) is 32.0 Å². The van der Waals surface area contributed by atoms with Gasteiger partial charge < -0.3 is 30.2 Å². The van der Waals surface area contributed by atoms with Crippen LogP contribution in [0.2, 0.25) is 0 Å². The third kappa shape index (κ3) is 4.32. The molecule has 0 fully saturated rings. The number of carbonyl (C=O) groups excluding carboxylic acids is 2. The molecule has 4 N–H and O–H groups in total. The average Bonchev–Trinajstić information content (AvgIpc) is 2.67. The zero-order valence-corrected chi connectivity index (χ0v) is 16.7. The van der Waals surface area contributed by atoms with Gasteiger partial charge in [-0.2, -0.15) is 0 Å². The van der Waals surface area contributed by atoms with E-state index < -0.39 is 17.9 Å². The molecule has 8 heteroatoms. The molecule has 0 saturated carbocycles. The quantitative estimate of drug-likeness (QED) is 0.617. The van der Waals surface area contributed by atoms with Gasteiger partial charge in [-0.15, -0.1) is 0 Å². The Labute approximate surface area is 173 Å². The lowest BCUT2D eigenvalue weighted by atomic mass is 9.84. The summed E-state index contributed by atoms with van der Waals surface area (Å²) in [6.07, 6.45) is -0.131. The highest BCUT2D eigenvalue weighted by Gasteiger charge is 2.36. The summed E-state index contributed by atoms with van der Waals surface area (Å²) in [7, 11) is 0. The number of nitrogens with two attached hydrogens (primary N) is 1. The van der Waals surface area contributed by atoms with Gasteiger partial charge >= 0.3 is 11.9 Å². The standard InChI is InChI=1S/C22H23NO7/c1-3-28-19(26)11-17-16-9-12(13-7-14(24)10-15(25)8-13)5-6-18(16)30-21(23)20(17)22(27)29-4-2/h5-10,17,24-25H,3-4,11,23H2,1-2H3. The number of rotatable bonds is 6. The minimum atomic E-state index is -0.738. The zero-order chi connectivity index (χ0) is 21.8. The molecule has 1 unspecified atom stereocenters. The SMILES string of the molecule is CCOC(=O)CC1C(C(=O)OCC)=C(N)Oc2ccc(-c3cc(O)cc(O)c3)cc21. The normalized spacial score (nSPS) is 15.2. The Morgan fingerprint density at radius 3 is 2.30 bits per heavy atom. The van der Waals surface area contributed by atoms with E-state index in [1.807, 2.05) is 0 Å². The maximum atomic E-state index is 12.6. The maximum absolute atomic E-state index is 12.6. The summed E-state index contributed by atoms with van der Waals surface area (Å²) in [5, 5.41) is 19.6. The minimum absolute atomic E-state index is 0.0494. The smallest absolute Gasteiger partial charge is 0.340 e. The average molecular weight is 413 g/mol. The first kappa shape index (κ1) is 21.0. The summed E-state index contributed by atoms with van der Waals surface area (Å²) in [6, 6.07) is 9.29. The molecule has 8 nitrogen and oxygen atoms in total. The number of benzene rings is 2. The highest BCUT2D eigenvalue weighted by atomic mass is 16.5. The van der Waals surface area contributed by atoms with Gasteiger partial charge in [-0.1, -0.05) is 6.07 Å². The van der Waals surface area contributed by atoms with Crippen molar-refractivity contribution in [3.05, 3.63) is 53.4 Å². The molecule has 0 radical (unpaired) electrons. The van der Waals surface area contributed by atoms with Crippen molar-refractivity contribution in [2.75, 3.05) is 13.2 Å². The van der Waals surface area contributed by atoms with E-state index in [0.717, 1.165) is 0 Å². The van der Waals surface area contributed by atoms with Crippen molar-refractivity contribution in [1.29, 1.82) is 0 Å². The number of aromatic hydroxyl groups is 2. The fraction of sp³-hybridized carbons (Fsp3) is 0.273. The van der Waals surface area contributed by atoms with E-state index in [1.165, 1.54) is 18.2 Å². The van der Waals surface area contributed by atoms with Crippen LogP contribution in [0.25, 0.3) is 11.1 Å². The van der Waals surface area contributed by atoms with Gasteiger partial charge in [0, 0.05) is 17.5 Å². The molecule has 2 aromatic carbocycles. The van der Waals surface area contributed by atoms with Crippen molar-refractivity contribution < 1.29 is 34.0 Å². The van der Waals surface area contributed by atoms with Crippen LogP contribution < -0.4 is 10.5 Å². The summed E-state index contributed by atoms with van der Waals surface area (Å²) >= 11 is 0. The Hall–Kier alpha value is -3.68. The largest absolute Gasteiger partial charge is 0.508 e. The number of phenolic OH excluding ortho intramolecular Hbond substituents is 2. The number of phenols is 2. The lowest BCUT2D eigenvalue weighted by molar-refractivity contribution is -0.143. The van der Waals surface area contributed by atoms with Crippen LogP contribution in [-0.2, 0) is 19.1 Å². The number of carbonyl (C=O) groups is 2. The molecule has 1 aliphatic heterocycles. The fourth-order valence-corrected chi connectivity index (χ4v) is 3.41. The van der Waals surface area contributed by atoms with Crippen LogP contribution in [0.5, 0.6) is 17.2 Å². The van der Waals surface area contributed by atoms with Gasteiger partial charge in [-0.25, -0.2) is 4.79 Å². The Bertz CT molecular complexity index is 992. The van der Waals surface area contributed by atoms with Gasteiger partial charge in [0.1, 0.15) is 22.8 Å². The number of hydrogen-bond donors (Lipinski definition) is 3. The molecular weight excluding hydrogens is 390 g/mol. The molecule has 1 aliphatic rings. The molecular formula is C22H23NO7. The molecule has 1 heterocycles. The van der Waals surface area contributed by atoms with Crippen LogP contribution in [0.4, 0.5) is 0 Å². The monoisotopic (exact) mass is 413 g/mol. The molecule has 158 valence electrons. The van der Waals surface area contributed by atoms with Crippen molar-refractivity contribution in [2.45, 2.75) is 26.2 Å². The molecule has 2 aromatic rings. The molecule has 30 heavy (non-hydrogen) atoms. The van der Waals surface area contributed by atoms with Gasteiger partial charge in [0.2, 0.25) is 5.88 Å². The van der Waals surface area contributed by atoms with E-state index in [-0.39, 0.29) is 42.6 Å². The Morgan fingerprint density at radius 1 is 1.00 bits per heavy atom. The summed E-state index contributed by atoms with van der Waals surface area (Å²) in [4.78, 5) is 24.8. The predicted molar refractivity (Wildman–Crippen MR) is 108 cm³/mol. The summed E-state index contributed by atoms with van der Waals surface area (Å²) in [5.41, 5.74) is 7.77. The van der Waals surface area contributed by atoms with Crippen LogP contribution in [0, 0.1) is 0 Å². The van der Waals surface area contributed by atoms with Crippen LogP contribution >= 0.6 is 0 Å². The number of hydrogen-bond acceptors (Lipinski definition) is 8. The predicted octanol–water partition coefficient (Wildman–Crippen LogP) is 2.93. The summed E-state index contributed by atoms with van der Waals surface area (Å²) < 4.78 is 15.8. The number of fused-ring (bicyclic) bond motifs is 1. The van der Waals surface area contributed by atoms with Crippen LogP contribution in [0.15, 0.2) is 47.9 Å². The molecule has 0 amide bonds. The first-order chi connectivity index (χ1) is 14.3. The third-order valence-electron chi connectivity index (χ3n) is 4.63. The van der Waals surface area contributed by atoms with Gasteiger partial charge in [0.15, 0.2) is 0 Å². The lowest BCUT2D eigenvalue weighted by Crippen LogP contribution is -2.28. The van der Waals surface area contributed by atoms with Crippen molar-refractivity contribution in [3.63, 3.8) is 0 Å². The number of esters is 2. The van der Waals surface area contributed by atoms with Crippen molar-refractivity contribution in [2.24, 2.45) is 5.73 Å². The van der Waals surface area contributed by atoms with E-state index in [0.29, 0.717) is 22.4 Å². The molecule has 0 spiro atoms. The summed E-state index contributed by atoms with van der Waals surface area (Å²) in [5.74, 6) is -1.84. The van der Waals surface area contributed by atoms with Gasteiger partial charge in [-0.3, -0.25) is 4.79 Å². The molecule has 1 atom stereocenters. The Morgan fingerprint density at radius 2 is 1.67 bits per heavy atom. The first-order valence-corrected chi connectivity index (χ1v) is 9.51. The topological polar surface area (TPSA) is 128 Å². The fourth-order valence-electron chi connectivity index (χ4n) is 3.41. The molecule has 0 bridgehead atoms. The zero-order valence-electron chi connectivity index (χ0n) is 16.7. The second kappa shape index (κ2) is 8.77.